The lowest BCUT2D eigenvalue weighted by molar-refractivity contribution is -0.135. The molecule has 0 aromatic carbocycles. The summed E-state index contributed by atoms with van der Waals surface area (Å²) in [6, 6.07) is 4.29. The number of rotatable bonds is 6. The maximum absolute atomic E-state index is 13.3. The number of methoxy groups -OCH3 is 1. The number of likely N-dealkylation sites (tertiary alicyclic amines) is 1. The first-order valence-electron chi connectivity index (χ1n) is 8.89. The van der Waals surface area contributed by atoms with E-state index in [1.54, 1.807) is 18.4 Å². The number of carbonyl (C=O) groups is 1. The van der Waals surface area contributed by atoms with Gasteiger partial charge >= 0.3 is 0 Å². The van der Waals surface area contributed by atoms with Crippen LogP contribution in [-0.2, 0) is 9.53 Å². The summed E-state index contributed by atoms with van der Waals surface area (Å²) in [7, 11) is 1.73. The molecule has 1 aromatic heterocycles. The summed E-state index contributed by atoms with van der Waals surface area (Å²) in [4.78, 5) is 15.3. The first-order chi connectivity index (χ1) is 11.3. The number of anilines is 1. The molecule has 1 N–H and O–H groups in total. The second-order valence-corrected chi connectivity index (χ2v) is 7.73. The highest BCUT2D eigenvalue weighted by atomic mass is 32.1. The van der Waals surface area contributed by atoms with Gasteiger partial charge in [0.05, 0.1) is 17.6 Å². The predicted molar refractivity (Wildman–Crippen MR) is 94.9 cm³/mol. The van der Waals surface area contributed by atoms with E-state index in [9.17, 15) is 4.79 Å². The monoisotopic (exact) mass is 336 g/mol. The lowest BCUT2D eigenvalue weighted by atomic mass is 9.83. The van der Waals surface area contributed by atoms with E-state index in [0.717, 1.165) is 37.2 Å². The largest absolute Gasteiger partial charge is 0.383 e. The topological polar surface area (TPSA) is 41.6 Å². The van der Waals surface area contributed by atoms with Crippen molar-refractivity contribution in [3.05, 3.63) is 17.5 Å². The van der Waals surface area contributed by atoms with Gasteiger partial charge in [-0.25, -0.2) is 0 Å². The Morgan fingerprint density at radius 2 is 2.17 bits per heavy atom. The summed E-state index contributed by atoms with van der Waals surface area (Å²) in [6.45, 7) is 1.53. The van der Waals surface area contributed by atoms with Crippen LogP contribution in [0.2, 0.25) is 0 Å². The molecule has 1 aliphatic heterocycles. The van der Waals surface area contributed by atoms with Crippen molar-refractivity contribution in [1.29, 1.82) is 0 Å². The van der Waals surface area contributed by atoms with Gasteiger partial charge in [-0.1, -0.05) is 19.3 Å². The SMILES string of the molecule is COCC1CCCN1C(=O)C(Nc1cccs1)C1CCCCC1. The van der Waals surface area contributed by atoms with E-state index in [2.05, 4.69) is 21.7 Å². The molecule has 2 aliphatic rings. The molecule has 128 valence electrons. The van der Waals surface area contributed by atoms with E-state index >= 15 is 0 Å². The van der Waals surface area contributed by atoms with Crippen LogP contribution < -0.4 is 5.32 Å². The molecule has 4 nitrogen and oxygen atoms in total. The maximum atomic E-state index is 13.3. The van der Waals surface area contributed by atoms with Crippen LogP contribution in [0.3, 0.4) is 0 Å². The Kier molecular flexibility index (Phi) is 5.95. The summed E-state index contributed by atoms with van der Waals surface area (Å²) >= 11 is 1.68. The van der Waals surface area contributed by atoms with Gasteiger partial charge in [-0.2, -0.15) is 0 Å². The average Bonchev–Trinajstić information content (AvgIpc) is 3.25. The Labute approximate surface area is 143 Å². The van der Waals surface area contributed by atoms with Crippen LogP contribution in [-0.4, -0.2) is 43.2 Å². The van der Waals surface area contributed by atoms with Crippen molar-refractivity contribution in [3.63, 3.8) is 0 Å². The lowest BCUT2D eigenvalue weighted by Crippen LogP contribution is -2.49. The first-order valence-corrected chi connectivity index (χ1v) is 9.77. The molecule has 1 aliphatic carbocycles. The van der Waals surface area contributed by atoms with E-state index in [1.165, 1.54) is 19.3 Å². The van der Waals surface area contributed by atoms with Crippen LogP contribution in [0.25, 0.3) is 0 Å². The number of hydrogen-bond donors (Lipinski definition) is 1. The van der Waals surface area contributed by atoms with Crippen LogP contribution >= 0.6 is 11.3 Å². The van der Waals surface area contributed by atoms with E-state index in [0.29, 0.717) is 12.5 Å². The second kappa shape index (κ2) is 8.15. The standard InChI is InChI=1S/C18H28N2O2S/c1-22-13-15-9-5-11-20(15)18(21)17(14-7-3-2-4-8-14)19-16-10-6-12-23-16/h6,10,12,14-15,17,19H,2-5,7-9,11,13H2,1H3. The molecule has 5 heteroatoms. The zero-order valence-corrected chi connectivity index (χ0v) is 14.8. The van der Waals surface area contributed by atoms with E-state index in [-0.39, 0.29) is 18.0 Å². The normalized spacial score (nSPS) is 23.9. The number of hydrogen-bond acceptors (Lipinski definition) is 4. The summed E-state index contributed by atoms with van der Waals surface area (Å²) < 4.78 is 5.33. The van der Waals surface area contributed by atoms with Crippen LogP contribution in [0.1, 0.15) is 44.9 Å². The summed E-state index contributed by atoms with van der Waals surface area (Å²) in [6.07, 6.45) is 8.30. The fourth-order valence-corrected chi connectivity index (χ4v) is 4.69. The highest BCUT2D eigenvalue weighted by molar-refractivity contribution is 7.14. The maximum Gasteiger partial charge on any atom is 0.245 e. The van der Waals surface area contributed by atoms with Crippen molar-refractivity contribution in [2.24, 2.45) is 5.92 Å². The molecule has 2 unspecified atom stereocenters. The average molecular weight is 337 g/mol. The van der Waals surface area contributed by atoms with Crippen molar-refractivity contribution < 1.29 is 9.53 Å². The molecular formula is C18H28N2O2S. The van der Waals surface area contributed by atoms with Gasteiger partial charge < -0.3 is 15.0 Å². The first kappa shape index (κ1) is 16.8. The van der Waals surface area contributed by atoms with Crippen molar-refractivity contribution >= 4 is 22.2 Å². The molecule has 0 radical (unpaired) electrons. The molecular weight excluding hydrogens is 308 g/mol. The second-order valence-electron chi connectivity index (χ2n) is 6.78. The zero-order valence-electron chi connectivity index (χ0n) is 14.0. The van der Waals surface area contributed by atoms with Crippen LogP contribution in [0.5, 0.6) is 0 Å². The summed E-state index contributed by atoms with van der Waals surface area (Å²) in [5, 5.41) is 6.73. The molecule has 2 fully saturated rings. The Balaban J connectivity index is 1.74. The third-order valence-corrected chi connectivity index (χ3v) is 6.03. The molecule has 1 saturated heterocycles. The van der Waals surface area contributed by atoms with Crippen molar-refractivity contribution in [3.8, 4) is 0 Å². The zero-order chi connectivity index (χ0) is 16.1. The van der Waals surface area contributed by atoms with E-state index in [4.69, 9.17) is 4.74 Å². The third kappa shape index (κ3) is 4.07. The Morgan fingerprint density at radius 3 is 2.87 bits per heavy atom. The quantitative estimate of drug-likeness (QED) is 0.860. The van der Waals surface area contributed by atoms with E-state index in [1.807, 2.05) is 6.07 Å². The van der Waals surface area contributed by atoms with Gasteiger partial charge in [-0.15, -0.1) is 11.3 Å². The number of nitrogens with zero attached hydrogens (tertiary/aromatic N) is 1. The Bertz CT molecular complexity index is 485. The number of carbonyl (C=O) groups excluding carboxylic acids is 1. The fraction of sp³-hybridized carbons (Fsp3) is 0.722. The number of amides is 1. The summed E-state index contributed by atoms with van der Waals surface area (Å²) in [5.41, 5.74) is 0. The van der Waals surface area contributed by atoms with Gasteiger partial charge in [-0.05, 0) is 49.1 Å². The molecule has 23 heavy (non-hydrogen) atoms. The Hall–Kier alpha value is -1.07. The van der Waals surface area contributed by atoms with Gasteiger partial charge in [0.25, 0.3) is 0 Å². The highest BCUT2D eigenvalue weighted by Gasteiger charge is 2.37. The molecule has 2 atom stereocenters. The minimum Gasteiger partial charge on any atom is -0.383 e. The van der Waals surface area contributed by atoms with Gasteiger partial charge in [0.1, 0.15) is 6.04 Å². The number of thiophene rings is 1. The predicted octanol–water partition coefficient (Wildman–Crippen LogP) is 3.75. The minimum atomic E-state index is -0.0774. The molecule has 1 aromatic rings. The highest BCUT2D eigenvalue weighted by Crippen LogP contribution is 2.31. The van der Waals surface area contributed by atoms with E-state index < -0.39 is 0 Å². The molecule has 2 heterocycles. The van der Waals surface area contributed by atoms with Crippen molar-refractivity contribution in [1.82, 2.24) is 4.90 Å². The molecule has 0 spiro atoms. The van der Waals surface area contributed by atoms with Gasteiger partial charge in [0.15, 0.2) is 0 Å². The van der Waals surface area contributed by atoms with Gasteiger partial charge in [0.2, 0.25) is 5.91 Å². The number of nitrogens with one attached hydrogen (secondary N) is 1. The third-order valence-electron chi connectivity index (χ3n) is 5.23. The van der Waals surface area contributed by atoms with Gasteiger partial charge in [0, 0.05) is 13.7 Å². The fourth-order valence-electron chi connectivity index (χ4n) is 4.03. The summed E-state index contributed by atoms with van der Waals surface area (Å²) in [5.74, 6) is 0.743. The number of ether oxygens (including phenoxy) is 1. The Morgan fingerprint density at radius 1 is 1.35 bits per heavy atom. The van der Waals surface area contributed by atoms with Crippen molar-refractivity contribution in [2.75, 3.05) is 25.6 Å². The van der Waals surface area contributed by atoms with Crippen LogP contribution in [0, 0.1) is 5.92 Å². The molecule has 0 bridgehead atoms. The minimum absolute atomic E-state index is 0.0774. The van der Waals surface area contributed by atoms with Crippen LogP contribution in [0.4, 0.5) is 5.00 Å². The molecule has 1 amide bonds. The van der Waals surface area contributed by atoms with Crippen LogP contribution in [0.15, 0.2) is 17.5 Å². The molecule has 1 saturated carbocycles. The molecule has 3 rings (SSSR count). The lowest BCUT2D eigenvalue weighted by Gasteiger charge is -2.35. The van der Waals surface area contributed by atoms with Gasteiger partial charge in [-0.3, -0.25) is 4.79 Å². The smallest absolute Gasteiger partial charge is 0.245 e. The van der Waals surface area contributed by atoms with Crippen molar-refractivity contribution in [2.45, 2.75) is 57.0 Å².